The predicted molar refractivity (Wildman–Crippen MR) is 145 cm³/mol. The monoisotopic (exact) mass is 502 g/mol. The topological polar surface area (TPSA) is 69.0 Å². The van der Waals surface area contributed by atoms with Gasteiger partial charge in [0, 0.05) is 17.7 Å². The van der Waals surface area contributed by atoms with Crippen molar-refractivity contribution in [2.24, 2.45) is 5.41 Å². The van der Waals surface area contributed by atoms with Crippen LogP contribution in [0.25, 0.3) is 0 Å². The van der Waals surface area contributed by atoms with Crippen LogP contribution in [-0.4, -0.2) is 26.3 Å². The molecule has 7 heteroatoms. The Balaban J connectivity index is 1.45. The van der Waals surface area contributed by atoms with Crippen molar-refractivity contribution in [2.75, 3.05) is 11.1 Å². The second-order valence-corrected chi connectivity index (χ2v) is 11.9. The molecule has 2 aliphatic rings. The molecule has 2 heterocycles. The minimum Gasteiger partial charge on any atom is -0.489 e. The number of thioether (sulfide) groups is 1. The van der Waals surface area contributed by atoms with Crippen molar-refractivity contribution < 1.29 is 9.53 Å². The Morgan fingerprint density at radius 1 is 1.08 bits per heavy atom. The van der Waals surface area contributed by atoms with E-state index in [0.29, 0.717) is 19.0 Å². The lowest BCUT2D eigenvalue weighted by Gasteiger charge is -2.38. The molecule has 1 aliphatic heterocycles. The Kier molecular flexibility index (Phi) is 6.45. The first-order valence-electron chi connectivity index (χ1n) is 12.6. The fraction of sp³-hybridized carbons (Fsp3) is 0.414. The van der Waals surface area contributed by atoms with Crippen molar-refractivity contribution in [1.29, 1.82) is 0 Å². The predicted octanol–water partition coefficient (Wildman–Crippen LogP) is 6.55. The molecule has 0 fully saturated rings. The molecule has 0 amide bonds. The van der Waals surface area contributed by atoms with Crippen molar-refractivity contribution >= 4 is 23.5 Å². The van der Waals surface area contributed by atoms with Crippen LogP contribution in [0.2, 0.25) is 0 Å². The van der Waals surface area contributed by atoms with Gasteiger partial charge in [-0.3, -0.25) is 4.79 Å². The highest BCUT2D eigenvalue weighted by Crippen LogP contribution is 2.45. The molecule has 2 aromatic carbocycles. The molecular weight excluding hydrogens is 468 g/mol. The van der Waals surface area contributed by atoms with E-state index in [-0.39, 0.29) is 17.2 Å². The van der Waals surface area contributed by atoms with Crippen LogP contribution in [0.4, 0.5) is 5.95 Å². The van der Waals surface area contributed by atoms with Crippen LogP contribution in [0.1, 0.15) is 67.5 Å². The number of ketones is 1. The maximum Gasteiger partial charge on any atom is 0.227 e. The molecule has 1 unspecified atom stereocenters. The molecular formula is C29H34N4O2S. The number of aryl methyl sites for hydroxylation is 3. The number of fused-ring (bicyclic) bond motifs is 1. The van der Waals surface area contributed by atoms with E-state index in [1.807, 2.05) is 28.9 Å². The number of nitrogens with one attached hydrogen (secondary N) is 1. The van der Waals surface area contributed by atoms with Gasteiger partial charge in [0.05, 0.1) is 0 Å². The summed E-state index contributed by atoms with van der Waals surface area (Å²) in [6.45, 7) is 13.3. The SMILES string of the molecule is CCSc1nc2n(n1)C(c1ccc(OCc3cc(C)c(C)cc3C)cc1)C1=C(CC(C)(C)CC1=O)N2. The average Bonchev–Trinajstić information content (AvgIpc) is 3.21. The average molecular weight is 503 g/mol. The van der Waals surface area contributed by atoms with Gasteiger partial charge in [-0.05, 0) is 78.3 Å². The summed E-state index contributed by atoms with van der Waals surface area (Å²) in [4.78, 5) is 18.1. The van der Waals surface area contributed by atoms with Crippen LogP contribution >= 0.6 is 11.8 Å². The quantitative estimate of drug-likeness (QED) is 0.385. The minimum atomic E-state index is -0.297. The number of allylic oxidation sites excluding steroid dienone is 2. The van der Waals surface area contributed by atoms with E-state index < -0.39 is 0 Å². The highest BCUT2D eigenvalue weighted by molar-refractivity contribution is 7.99. The van der Waals surface area contributed by atoms with Crippen molar-refractivity contribution in [3.8, 4) is 5.75 Å². The molecule has 1 N–H and O–H groups in total. The largest absolute Gasteiger partial charge is 0.489 e. The first-order chi connectivity index (χ1) is 17.1. The van der Waals surface area contributed by atoms with Gasteiger partial charge in [-0.25, -0.2) is 4.68 Å². The highest BCUT2D eigenvalue weighted by atomic mass is 32.2. The first kappa shape index (κ1) is 24.6. The van der Waals surface area contributed by atoms with E-state index in [0.717, 1.165) is 39.9 Å². The van der Waals surface area contributed by atoms with Crippen molar-refractivity contribution in [2.45, 2.75) is 72.2 Å². The molecule has 0 saturated heterocycles. The normalized spacial score (nSPS) is 18.5. The molecule has 188 valence electrons. The zero-order valence-corrected chi connectivity index (χ0v) is 22.8. The molecule has 3 aromatic rings. The minimum absolute atomic E-state index is 0.0825. The van der Waals surface area contributed by atoms with Crippen molar-refractivity contribution in [3.63, 3.8) is 0 Å². The standard InChI is InChI=1S/C29H34N4O2S/c1-7-36-28-31-27-30-23-14-29(5,6)15-24(34)25(23)26(33(27)32-28)20-8-10-22(11-9-20)35-16-21-13-18(3)17(2)12-19(21)4/h8-13,26H,7,14-16H2,1-6H3,(H,30,31,32). The number of hydrogen-bond acceptors (Lipinski definition) is 6. The van der Waals surface area contributed by atoms with Crippen LogP contribution in [-0.2, 0) is 11.4 Å². The van der Waals surface area contributed by atoms with E-state index in [9.17, 15) is 4.79 Å². The number of Topliss-reactive ketones (excluding diaryl/α,β-unsaturated/α-hetero) is 1. The number of aromatic nitrogens is 3. The Morgan fingerprint density at radius 2 is 1.81 bits per heavy atom. The molecule has 0 saturated carbocycles. The molecule has 36 heavy (non-hydrogen) atoms. The number of ether oxygens (including phenoxy) is 1. The lowest BCUT2D eigenvalue weighted by atomic mass is 9.73. The molecule has 0 bridgehead atoms. The summed E-state index contributed by atoms with van der Waals surface area (Å²) >= 11 is 1.60. The van der Waals surface area contributed by atoms with Gasteiger partial charge in [0.2, 0.25) is 11.1 Å². The van der Waals surface area contributed by atoms with Crippen LogP contribution in [0.5, 0.6) is 5.75 Å². The van der Waals surface area contributed by atoms with Crippen LogP contribution in [0.3, 0.4) is 0 Å². The van der Waals surface area contributed by atoms with E-state index in [2.05, 4.69) is 59.0 Å². The molecule has 5 rings (SSSR count). The smallest absolute Gasteiger partial charge is 0.227 e. The summed E-state index contributed by atoms with van der Waals surface area (Å²) in [5.41, 5.74) is 7.70. The van der Waals surface area contributed by atoms with Crippen molar-refractivity contribution in [3.05, 3.63) is 75.5 Å². The molecule has 0 radical (unpaired) electrons. The van der Waals surface area contributed by atoms with Gasteiger partial charge in [0.1, 0.15) is 18.4 Å². The number of carbonyl (C=O) groups is 1. The zero-order valence-electron chi connectivity index (χ0n) is 21.9. The molecule has 1 aromatic heterocycles. The second-order valence-electron chi connectivity index (χ2n) is 10.7. The Hall–Kier alpha value is -3.06. The molecule has 6 nitrogen and oxygen atoms in total. The first-order valence-corrected chi connectivity index (χ1v) is 13.6. The van der Waals surface area contributed by atoms with Gasteiger partial charge < -0.3 is 10.1 Å². The second kappa shape index (κ2) is 9.43. The number of carbonyl (C=O) groups excluding carboxylic acids is 1. The zero-order chi connectivity index (χ0) is 25.6. The third-order valence-electron chi connectivity index (χ3n) is 7.13. The van der Waals surface area contributed by atoms with E-state index >= 15 is 0 Å². The van der Waals surface area contributed by atoms with Gasteiger partial charge >= 0.3 is 0 Å². The van der Waals surface area contributed by atoms with Gasteiger partial charge in [0.25, 0.3) is 0 Å². The Labute approximate surface area is 217 Å². The van der Waals surface area contributed by atoms with Crippen LogP contribution in [0.15, 0.2) is 52.8 Å². The third kappa shape index (κ3) is 4.69. The van der Waals surface area contributed by atoms with Gasteiger partial charge in [-0.2, -0.15) is 4.98 Å². The summed E-state index contributed by atoms with van der Waals surface area (Å²) in [5.74, 6) is 2.57. The van der Waals surface area contributed by atoms with E-state index in [1.165, 1.54) is 22.3 Å². The number of hydrogen-bond donors (Lipinski definition) is 1. The van der Waals surface area contributed by atoms with Gasteiger partial charge in [-0.1, -0.05) is 56.8 Å². The molecule has 1 aliphatic carbocycles. The van der Waals surface area contributed by atoms with E-state index in [1.54, 1.807) is 11.8 Å². The molecule has 0 spiro atoms. The van der Waals surface area contributed by atoms with E-state index in [4.69, 9.17) is 14.8 Å². The summed E-state index contributed by atoms with van der Waals surface area (Å²) in [6.07, 6.45) is 1.34. The van der Waals surface area contributed by atoms with Crippen LogP contribution in [0, 0.1) is 26.2 Å². The fourth-order valence-corrected chi connectivity index (χ4v) is 5.73. The maximum atomic E-state index is 13.4. The van der Waals surface area contributed by atoms with Crippen LogP contribution < -0.4 is 10.1 Å². The summed E-state index contributed by atoms with van der Waals surface area (Å²) in [7, 11) is 0. The Bertz CT molecular complexity index is 1350. The summed E-state index contributed by atoms with van der Waals surface area (Å²) in [5, 5.41) is 8.93. The third-order valence-corrected chi connectivity index (χ3v) is 7.85. The van der Waals surface area contributed by atoms with Crippen molar-refractivity contribution in [1.82, 2.24) is 14.8 Å². The lowest BCUT2D eigenvalue weighted by Crippen LogP contribution is -2.36. The van der Waals surface area contributed by atoms with Gasteiger partial charge in [0.15, 0.2) is 5.78 Å². The number of benzene rings is 2. The highest BCUT2D eigenvalue weighted by Gasteiger charge is 2.41. The van der Waals surface area contributed by atoms with Gasteiger partial charge in [-0.15, -0.1) is 5.10 Å². The summed E-state index contributed by atoms with van der Waals surface area (Å²) in [6, 6.07) is 12.2. The lowest BCUT2D eigenvalue weighted by molar-refractivity contribution is -0.118. The fourth-order valence-electron chi connectivity index (χ4n) is 5.17. The Morgan fingerprint density at radius 3 is 2.53 bits per heavy atom. The number of anilines is 1. The number of nitrogens with zero attached hydrogens (tertiary/aromatic N) is 3. The summed E-state index contributed by atoms with van der Waals surface area (Å²) < 4.78 is 8.02. The number of rotatable bonds is 6. The molecule has 1 atom stereocenters. The maximum absolute atomic E-state index is 13.4.